The fourth-order valence-electron chi connectivity index (χ4n) is 0.674. The quantitative estimate of drug-likeness (QED) is 0.576. The average molecular weight is 144 g/mol. The van der Waals surface area contributed by atoms with Crippen molar-refractivity contribution in [3.8, 4) is 0 Å². The van der Waals surface area contributed by atoms with Crippen molar-refractivity contribution in [1.82, 2.24) is 0 Å². The van der Waals surface area contributed by atoms with Gasteiger partial charge in [0.25, 0.3) is 0 Å². The van der Waals surface area contributed by atoms with E-state index in [1.165, 1.54) is 0 Å². The van der Waals surface area contributed by atoms with Crippen molar-refractivity contribution in [3.05, 3.63) is 12.7 Å². The first kappa shape index (κ1) is 9.66. The molecule has 10 heavy (non-hydrogen) atoms. The zero-order valence-corrected chi connectivity index (χ0v) is 6.62. The highest BCUT2D eigenvalue weighted by molar-refractivity contribution is 4.78. The number of allylic oxidation sites excluding steroid dienone is 1. The molecule has 0 bridgehead atoms. The number of aliphatic hydroxyl groups is 2. The van der Waals surface area contributed by atoms with Crippen molar-refractivity contribution in [3.63, 3.8) is 0 Å². The predicted molar refractivity (Wildman–Crippen MR) is 41.7 cm³/mol. The molecule has 2 heteroatoms. The van der Waals surface area contributed by atoms with Gasteiger partial charge in [-0.3, -0.25) is 0 Å². The van der Waals surface area contributed by atoms with Gasteiger partial charge in [0.1, 0.15) is 0 Å². The van der Waals surface area contributed by atoms with Crippen LogP contribution in [0.4, 0.5) is 0 Å². The van der Waals surface area contributed by atoms with E-state index in [2.05, 4.69) is 6.58 Å². The van der Waals surface area contributed by atoms with E-state index in [1.54, 1.807) is 13.0 Å². The van der Waals surface area contributed by atoms with E-state index < -0.39 is 12.2 Å². The summed E-state index contributed by atoms with van der Waals surface area (Å²) in [5, 5.41) is 18.0. The molecule has 1 unspecified atom stereocenters. The Morgan fingerprint density at radius 2 is 1.90 bits per heavy atom. The molecule has 0 heterocycles. The van der Waals surface area contributed by atoms with E-state index in [1.807, 2.05) is 6.92 Å². The van der Waals surface area contributed by atoms with Gasteiger partial charge >= 0.3 is 0 Å². The van der Waals surface area contributed by atoms with Crippen molar-refractivity contribution in [2.75, 3.05) is 0 Å². The summed E-state index contributed by atoms with van der Waals surface area (Å²) in [5.41, 5.74) is 0. The minimum Gasteiger partial charge on any atom is -0.391 e. The molecule has 0 aliphatic carbocycles. The Morgan fingerprint density at radius 1 is 1.40 bits per heavy atom. The van der Waals surface area contributed by atoms with Crippen molar-refractivity contribution in [2.45, 2.75) is 32.5 Å². The second-order valence-electron chi connectivity index (χ2n) is 2.76. The summed E-state index contributed by atoms with van der Waals surface area (Å²) in [7, 11) is 0. The maximum atomic E-state index is 9.13. The Morgan fingerprint density at radius 3 is 2.20 bits per heavy atom. The van der Waals surface area contributed by atoms with E-state index in [9.17, 15) is 0 Å². The SMILES string of the molecule is C=C[C@@H](C)C[C@H](O)C(C)O. The lowest BCUT2D eigenvalue weighted by atomic mass is 10.0. The van der Waals surface area contributed by atoms with E-state index >= 15 is 0 Å². The molecule has 0 spiro atoms. The molecule has 0 aromatic rings. The van der Waals surface area contributed by atoms with Crippen LogP contribution < -0.4 is 0 Å². The van der Waals surface area contributed by atoms with Crippen molar-refractivity contribution in [1.29, 1.82) is 0 Å². The van der Waals surface area contributed by atoms with Crippen LogP contribution >= 0.6 is 0 Å². The summed E-state index contributed by atoms with van der Waals surface area (Å²) in [4.78, 5) is 0. The summed E-state index contributed by atoms with van der Waals surface area (Å²) in [6.45, 7) is 7.12. The minimum absolute atomic E-state index is 0.268. The van der Waals surface area contributed by atoms with Crippen LogP contribution in [0.5, 0.6) is 0 Å². The van der Waals surface area contributed by atoms with E-state index in [0.29, 0.717) is 6.42 Å². The van der Waals surface area contributed by atoms with Gasteiger partial charge in [-0.05, 0) is 19.3 Å². The van der Waals surface area contributed by atoms with Gasteiger partial charge < -0.3 is 10.2 Å². The molecule has 60 valence electrons. The number of rotatable bonds is 4. The number of hydrogen-bond donors (Lipinski definition) is 2. The fraction of sp³-hybridized carbons (Fsp3) is 0.750. The second kappa shape index (κ2) is 4.47. The average Bonchev–Trinajstić information content (AvgIpc) is 1.87. The van der Waals surface area contributed by atoms with Gasteiger partial charge in [0.2, 0.25) is 0 Å². The van der Waals surface area contributed by atoms with Gasteiger partial charge in [-0.1, -0.05) is 13.0 Å². The molecule has 0 radical (unpaired) electrons. The van der Waals surface area contributed by atoms with Crippen LogP contribution in [0.25, 0.3) is 0 Å². The maximum absolute atomic E-state index is 9.13. The first-order valence-electron chi connectivity index (χ1n) is 3.56. The Hall–Kier alpha value is -0.340. The normalized spacial score (nSPS) is 19.6. The van der Waals surface area contributed by atoms with Crippen LogP contribution in [0.1, 0.15) is 20.3 Å². The Bertz CT molecular complexity index is 99.4. The molecule has 0 aliphatic rings. The van der Waals surface area contributed by atoms with Gasteiger partial charge in [0, 0.05) is 0 Å². The van der Waals surface area contributed by atoms with Crippen LogP contribution in [0.15, 0.2) is 12.7 Å². The van der Waals surface area contributed by atoms with E-state index in [-0.39, 0.29) is 5.92 Å². The third-order valence-electron chi connectivity index (χ3n) is 1.57. The van der Waals surface area contributed by atoms with Gasteiger partial charge in [-0.15, -0.1) is 6.58 Å². The predicted octanol–water partition coefficient (Wildman–Crippen LogP) is 0.940. The Labute approximate surface area is 62.2 Å². The largest absolute Gasteiger partial charge is 0.391 e. The van der Waals surface area contributed by atoms with E-state index in [0.717, 1.165) is 0 Å². The molecule has 0 aromatic heterocycles. The summed E-state index contributed by atoms with van der Waals surface area (Å²) in [6, 6.07) is 0. The highest BCUT2D eigenvalue weighted by atomic mass is 16.3. The van der Waals surface area contributed by atoms with Crippen LogP contribution in [0.3, 0.4) is 0 Å². The molecule has 2 nitrogen and oxygen atoms in total. The lowest BCUT2D eigenvalue weighted by Crippen LogP contribution is -2.24. The third-order valence-corrected chi connectivity index (χ3v) is 1.57. The lowest BCUT2D eigenvalue weighted by Gasteiger charge is -2.15. The summed E-state index contributed by atoms with van der Waals surface area (Å²) in [5.74, 6) is 0.268. The highest BCUT2D eigenvalue weighted by Crippen LogP contribution is 2.08. The summed E-state index contributed by atoms with van der Waals surface area (Å²) < 4.78 is 0. The van der Waals surface area contributed by atoms with Gasteiger partial charge in [-0.25, -0.2) is 0 Å². The second-order valence-corrected chi connectivity index (χ2v) is 2.76. The Kier molecular flexibility index (Phi) is 4.32. The molecular weight excluding hydrogens is 128 g/mol. The van der Waals surface area contributed by atoms with Gasteiger partial charge in [0.15, 0.2) is 0 Å². The van der Waals surface area contributed by atoms with Crippen molar-refractivity contribution < 1.29 is 10.2 Å². The van der Waals surface area contributed by atoms with Crippen LogP contribution in [0, 0.1) is 5.92 Å². The number of aliphatic hydroxyl groups excluding tert-OH is 2. The van der Waals surface area contributed by atoms with Crippen molar-refractivity contribution in [2.24, 2.45) is 5.92 Å². The highest BCUT2D eigenvalue weighted by Gasteiger charge is 2.12. The molecule has 0 rings (SSSR count). The molecule has 0 aliphatic heterocycles. The van der Waals surface area contributed by atoms with E-state index in [4.69, 9.17) is 10.2 Å². The minimum atomic E-state index is -0.637. The summed E-state index contributed by atoms with van der Waals surface area (Å²) in [6.07, 6.45) is 1.10. The topological polar surface area (TPSA) is 40.5 Å². The van der Waals surface area contributed by atoms with Gasteiger partial charge in [-0.2, -0.15) is 0 Å². The summed E-state index contributed by atoms with van der Waals surface area (Å²) >= 11 is 0. The molecule has 2 N–H and O–H groups in total. The zero-order valence-electron chi connectivity index (χ0n) is 6.62. The zero-order chi connectivity index (χ0) is 8.15. The molecule has 3 atom stereocenters. The lowest BCUT2D eigenvalue weighted by molar-refractivity contribution is 0.0208. The molecule has 0 saturated carbocycles. The maximum Gasteiger partial charge on any atom is 0.0801 e. The Balaban J connectivity index is 3.56. The number of hydrogen-bond acceptors (Lipinski definition) is 2. The molecule has 0 aromatic carbocycles. The van der Waals surface area contributed by atoms with Crippen LogP contribution in [-0.2, 0) is 0 Å². The van der Waals surface area contributed by atoms with Crippen LogP contribution in [-0.4, -0.2) is 22.4 Å². The van der Waals surface area contributed by atoms with Crippen LogP contribution in [0.2, 0.25) is 0 Å². The standard InChI is InChI=1S/C8H16O2/c1-4-6(2)5-8(10)7(3)9/h4,6-10H,1,5H2,2-3H3/t6-,7?,8+/m1/s1. The molecule has 0 saturated heterocycles. The molecule has 0 fully saturated rings. The monoisotopic (exact) mass is 144 g/mol. The first-order chi connectivity index (χ1) is 4.57. The fourth-order valence-corrected chi connectivity index (χ4v) is 0.674. The van der Waals surface area contributed by atoms with Crippen molar-refractivity contribution >= 4 is 0 Å². The smallest absolute Gasteiger partial charge is 0.0801 e. The third kappa shape index (κ3) is 3.64. The molecular formula is C8H16O2. The van der Waals surface area contributed by atoms with Gasteiger partial charge in [0.05, 0.1) is 12.2 Å². The molecule has 0 amide bonds. The first-order valence-corrected chi connectivity index (χ1v) is 3.56.